The third-order valence-corrected chi connectivity index (χ3v) is 6.08. The van der Waals surface area contributed by atoms with Gasteiger partial charge in [-0.1, -0.05) is 29.8 Å². The summed E-state index contributed by atoms with van der Waals surface area (Å²) in [5, 5.41) is 7.98. The Bertz CT molecular complexity index is 1290. The number of aromatic amines is 1. The molecule has 33 heavy (non-hydrogen) atoms. The fourth-order valence-corrected chi connectivity index (χ4v) is 4.43. The van der Waals surface area contributed by atoms with E-state index in [1.54, 1.807) is 6.20 Å². The predicted molar refractivity (Wildman–Crippen MR) is 128 cm³/mol. The van der Waals surface area contributed by atoms with E-state index in [1.807, 2.05) is 30.5 Å². The number of carbonyl (C=O) groups is 1. The number of para-hydroxylation sites is 1. The van der Waals surface area contributed by atoms with Gasteiger partial charge in [0.1, 0.15) is 0 Å². The van der Waals surface area contributed by atoms with E-state index < -0.39 is 0 Å². The lowest BCUT2D eigenvalue weighted by Crippen LogP contribution is -2.42. The Morgan fingerprint density at radius 3 is 2.73 bits per heavy atom. The highest BCUT2D eigenvalue weighted by molar-refractivity contribution is 6.33. The van der Waals surface area contributed by atoms with Crippen molar-refractivity contribution in [3.63, 3.8) is 0 Å². The van der Waals surface area contributed by atoms with Crippen LogP contribution in [0.2, 0.25) is 5.02 Å². The van der Waals surface area contributed by atoms with Gasteiger partial charge in [0, 0.05) is 34.7 Å². The monoisotopic (exact) mass is 462 g/mol. The molecule has 0 unspecified atom stereocenters. The maximum absolute atomic E-state index is 12.5. The zero-order valence-corrected chi connectivity index (χ0v) is 18.5. The number of aromatic nitrogens is 5. The average Bonchev–Trinajstić information content (AvgIpc) is 3.25. The first kappa shape index (κ1) is 21.1. The fourth-order valence-electron chi connectivity index (χ4n) is 4.23. The van der Waals surface area contributed by atoms with E-state index in [-0.39, 0.29) is 23.8 Å². The van der Waals surface area contributed by atoms with Gasteiger partial charge in [0.15, 0.2) is 0 Å². The van der Waals surface area contributed by atoms with Crippen LogP contribution in [0.4, 0.5) is 11.6 Å². The number of H-pyrrole nitrogens is 1. The molecule has 1 aliphatic carbocycles. The van der Waals surface area contributed by atoms with Gasteiger partial charge in [0.05, 0.1) is 35.0 Å². The van der Waals surface area contributed by atoms with E-state index >= 15 is 0 Å². The zero-order chi connectivity index (χ0) is 22.8. The number of nitrogens with zero attached hydrogens (tertiary/aromatic N) is 4. The Hall–Kier alpha value is -3.72. The number of amides is 1. The van der Waals surface area contributed by atoms with Crippen molar-refractivity contribution >= 4 is 40.0 Å². The third-order valence-electron chi connectivity index (χ3n) is 5.81. The van der Waals surface area contributed by atoms with Crippen LogP contribution < -0.4 is 16.4 Å². The van der Waals surface area contributed by atoms with Crippen molar-refractivity contribution in [1.82, 2.24) is 30.2 Å². The van der Waals surface area contributed by atoms with E-state index in [4.69, 9.17) is 22.3 Å². The first-order valence-electron chi connectivity index (χ1n) is 10.8. The normalized spacial score (nSPS) is 18.2. The minimum atomic E-state index is -0.301. The minimum Gasteiger partial charge on any atom is -0.396 e. The number of benzene rings is 1. The molecule has 3 heterocycles. The maximum Gasteiger partial charge on any atom is 0.289 e. The molecular weight excluding hydrogens is 440 g/mol. The van der Waals surface area contributed by atoms with Gasteiger partial charge in [-0.05, 0) is 31.7 Å². The summed E-state index contributed by atoms with van der Waals surface area (Å²) in [6, 6.07) is 8.14. The van der Waals surface area contributed by atoms with Gasteiger partial charge in [-0.3, -0.25) is 4.79 Å². The van der Waals surface area contributed by atoms with Crippen molar-refractivity contribution in [2.45, 2.75) is 37.8 Å². The second-order valence-corrected chi connectivity index (χ2v) is 8.56. The van der Waals surface area contributed by atoms with E-state index in [2.05, 4.69) is 30.6 Å². The van der Waals surface area contributed by atoms with Crippen molar-refractivity contribution < 1.29 is 4.79 Å². The molecule has 1 fully saturated rings. The number of rotatable bonds is 5. The van der Waals surface area contributed by atoms with Crippen LogP contribution in [0.1, 0.15) is 36.3 Å². The number of hydrogen-bond donors (Lipinski definition) is 4. The van der Waals surface area contributed by atoms with Gasteiger partial charge in [-0.15, -0.1) is 0 Å². The lowest BCUT2D eigenvalue weighted by Gasteiger charge is -2.30. The summed E-state index contributed by atoms with van der Waals surface area (Å²) < 4.78 is 0. The summed E-state index contributed by atoms with van der Waals surface area (Å²) >= 11 is 6.45. The molecule has 9 nitrogen and oxygen atoms in total. The van der Waals surface area contributed by atoms with E-state index in [0.29, 0.717) is 22.4 Å². The third kappa shape index (κ3) is 4.58. The Morgan fingerprint density at radius 2 is 1.88 bits per heavy atom. The number of nitrogens with one attached hydrogen (secondary N) is 3. The molecule has 0 aliphatic heterocycles. The summed E-state index contributed by atoms with van der Waals surface area (Å²) in [6.07, 6.45) is 9.94. The number of carbonyl (C=O) groups excluding carboxylic acids is 1. The Morgan fingerprint density at radius 1 is 1.09 bits per heavy atom. The summed E-state index contributed by atoms with van der Waals surface area (Å²) in [7, 11) is 0. The maximum atomic E-state index is 12.5. The van der Waals surface area contributed by atoms with Crippen molar-refractivity contribution in [2.75, 3.05) is 11.1 Å². The molecule has 1 aliphatic rings. The van der Waals surface area contributed by atoms with Gasteiger partial charge in [-0.2, -0.15) is 0 Å². The number of hydrogen-bond acceptors (Lipinski definition) is 7. The minimum absolute atomic E-state index is 0.00490. The highest BCUT2D eigenvalue weighted by Crippen LogP contribution is 2.32. The molecule has 0 saturated heterocycles. The van der Waals surface area contributed by atoms with Gasteiger partial charge in [0.2, 0.25) is 11.8 Å². The van der Waals surface area contributed by atoms with Crippen molar-refractivity contribution in [1.29, 1.82) is 0 Å². The van der Waals surface area contributed by atoms with Crippen LogP contribution in [-0.2, 0) is 0 Å². The second-order valence-electron chi connectivity index (χ2n) is 8.16. The van der Waals surface area contributed by atoms with Crippen LogP contribution in [0.3, 0.4) is 0 Å². The van der Waals surface area contributed by atoms with Gasteiger partial charge >= 0.3 is 0 Å². The summed E-state index contributed by atoms with van der Waals surface area (Å²) in [5.74, 6) is 0.326. The van der Waals surface area contributed by atoms with E-state index in [9.17, 15) is 4.79 Å². The van der Waals surface area contributed by atoms with Crippen molar-refractivity contribution in [2.24, 2.45) is 0 Å². The van der Waals surface area contributed by atoms with Crippen LogP contribution in [0, 0.1) is 0 Å². The predicted octanol–water partition coefficient (Wildman–Crippen LogP) is 3.80. The molecule has 5 rings (SSSR count). The lowest BCUT2D eigenvalue weighted by molar-refractivity contribution is 0.0916. The van der Waals surface area contributed by atoms with Crippen LogP contribution in [0.5, 0.6) is 0 Å². The smallest absolute Gasteiger partial charge is 0.289 e. The highest BCUT2D eigenvalue weighted by atomic mass is 35.5. The summed E-state index contributed by atoms with van der Waals surface area (Å²) in [6.45, 7) is 0. The van der Waals surface area contributed by atoms with Crippen molar-refractivity contribution in [3.8, 4) is 11.3 Å². The van der Waals surface area contributed by atoms with E-state index in [1.165, 1.54) is 12.4 Å². The number of fused-ring (bicyclic) bond motifs is 1. The summed E-state index contributed by atoms with van der Waals surface area (Å²) in [5.41, 5.74) is 8.64. The SMILES string of the molecule is Nc1cnc(C(=O)N[C@H]2CCC[C@@H](Nc3ncc(Cl)c(-c4c[nH]c5ccccc45)n3)C2)nc1. The molecule has 2 atom stereocenters. The Labute approximate surface area is 195 Å². The van der Waals surface area contributed by atoms with Gasteiger partial charge in [0.25, 0.3) is 5.91 Å². The lowest BCUT2D eigenvalue weighted by atomic mass is 9.91. The van der Waals surface area contributed by atoms with E-state index in [0.717, 1.165) is 42.1 Å². The van der Waals surface area contributed by atoms with Crippen LogP contribution in [0.25, 0.3) is 22.2 Å². The molecule has 168 valence electrons. The molecule has 0 spiro atoms. The number of halogens is 1. The quantitative estimate of drug-likeness (QED) is 0.354. The fraction of sp³-hybridized carbons (Fsp3) is 0.261. The topological polar surface area (TPSA) is 134 Å². The Balaban J connectivity index is 1.29. The first-order valence-corrected chi connectivity index (χ1v) is 11.2. The molecular formula is C23H23ClN8O. The zero-order valence-electron chi connectivity index (χ0n) is 17.8. The molecule has 10 heteroatoms. The van der Waals surface area contributed by atoms with Crippen LogP contribution in [0.15, 0.2) is 49.1 Å². The Kier molecular flexibility index (Phi) is 5.78. The molecule has 0 radical (unpaired) electrons. The molecule has 1 amide bonds. The second kappa shape index (κ2) is 9.03. The molecule has 1 saturated carbocycles. The van der Waals surface area contributed by atoms with Crippen LogP contribution >= 0.6 is 11.6 Å². The number of anilines is 2. The number of nitrogens with two attached hydrogens (primary N) is 1. The standard InChI is InChI=1S/C23H23ClN8O/c24-18-12-29-23(32-20(18)17-11-26-19-7-2-1-6-16(17)19)31-15-5-3-4-14(8-15)30-22(33)21-27-9-13(25)10-28-21/h1-2,6-7,9-12,14-15,26H,3-5,8,25H2,(H,30,33)(H,29,31,32)/t14-,15+/m0/s1. The molecule has 3 aromatic heterocycles. The summed E-state index contributed by atoms with van der Waals surface area (Å²) in [4.78, 5) is 32.8. The van der Waals surface area contributed by atoms with Gasteiger partial charge < -0.3 is 21.4 Å². The highest BCUT2D eigenvalue weighted by Gasteiger charge is 2.25. The molecule has 5 N–H and O–H groups in total. The largest absolute Gasteiger partial charge is 0.396 e. The van der Waals surface area contributed by atoms with Gasteiger partial charge in [-0.25, -0.2) is 19.9 Å². The van der Waals surface area contributed by atoms with Crippen molar-refractivity contribution in [3.05, 3.63) is 59.9 Å². The molecule has 4 aromatic rings. The number of nitrogen functional groups attached to an aromatic ring is 1. The first-order chi connectivity index (χ1) is 16.1. The van der Waals surface area contributed by atoms with Crippen LogP contribution in [-0.4, -0.2) is 42.9 Å². The molecule has 0 bridgehead atoms. The average molecular weight is 463 g/mol. The molecule has 1 aromatic carbocycles.